The van der Waals surface area contributed by atoms with E-state index in [2.05, 4.69) is 29.4 Å². The van der Waals surface area contributed by atoms with Crippen LogP contribution in [0.1, 0.15) is 30.5 Å². The van der Waals surface area contributed by atoms with Gasteiger partial charge in [-0.2, -0.15) is 0 Å². The Hall–Kier alpha value is -1.62. The summed E-state index contributed by atoms with van der Waals surface area (Å²) in [5.74, 6) is 0.406. The molecule has 19 heavy (non-hydrogen) atoms. The minimum absolute atomic E-state index is 0.0803. The lowest BCUT2D eigenvalue weighted by molar-refractivity contribution is 0.383. The topological polar surface area (TPSA) is 46.9 Å². The maximum absolute atomic E-state index is 12.3. The Morgan fingerprint density at radius 2 is 2.11 bits per heavy atom. The molecule has 102 valence electrons. The van der Waals surface area contributed by atoms with Crippen LogP contribution in [-0.4, -0.2) is 9.55 Å². The Bertz CT molecular complexity index is 622. The zero-order valence-corrected chi connectivity index (χ0v) is 12.5. The van der Waals surface area contributed by atoms with Crippen LogP contribution in [0.15, 0.2) is 29.3 Å². The standard InChI is InChI=1S/C14H19N3OS/c1-10-5-6-11(19-10)9-16-12-13(18)17(8-7-15-12)14(2,3)4/h5-8H,9H2,1-4H3,(H,15,16). The highest BCUT2D eigenvalue weighted by Gasteiger charge is 2.16. The van der Waals surface area contributed by atoms with Crippen LogP contribution < -0.4 is 10.9 Å². The molecule has 0 saturated heterocycles. The van der Waals surface area contributed by atoms with Crippen molar-refractivity contribution >= 4 is 17.2 Å². The van der Waals surface area contributed by atoms with Crippen LogP contribution in [0.25, 0.3) is 0 Å². The van der Waals surface area contributed by atoms with Crippen molar-refractivity contribution in [1.82, 2.24) is 9.55 Å². The highest BCUT2D eigenvalue weighted by atomic mass is 32.1. The first kappa shape index (κ1) is 13.8. The van der Waals surface area contributed by atoms with E-state index in [0.29, 0.717) is 12.4 Å². The molecule has 0 amide bonds. The van der Waals surface area contributed by atoms with E-state index in [-0.39, 0.29) is 11.1 Å². The third-order valence-electron chi connectivity index (χ3n) is 2.79. The van der Waals surface area contributed by atoms with E-state index in [9.17, 15) is 4.79 Å². The highest BCUT2D eigenvalue weighted by Crippen LogP contribution is 2.16. The number of hydrogen-bond acceptors (Lipinski definition) is 4. The lowest BCUT2D eigenvalue weighted by Crippen LogP contribution is -2.35. The molecule has 0 aliphatic heterocycles. The molecule has 0 aliphatic rings. The first-order valence-corrected chi connectivity index (χ1v) is 7.07. The van der Waals surface area contributed by atoms with Gasteiger partial charge in [-0.1, -0.05) is 0 Å². The molecule has 0 unspecified atom stereocenters. The Morgan fingerprint density at radius 3 is 2.68 bits per heavy atom. The molecule has 0 atom stereocenters. The lowest BCUT2D eigenvalue weighted by Gasteiger charge is -2.22. The van der Waals surface area contributed by atoms with Gasteiger partial charge in [-0.25, -0.2) is 4.98 Å². The first-order valence-electron chi connectivity index (χ1n) is 6.25. The second kappa shape index (κ2) is 5.17. The van der Waals surface area contributed by atoms with E-state index in [1.165, 1.54) is 9.75 Å². The summed E-state index contributed by atoms with van der Waals surface area (Å²) in [4.78, 5) is 18.9. The van der Waals surface area contributed by atoms with Crippen molar-refractivity contribution in [2.45, 2.75) is 39.8 Å². The van der Waals surface area contributed by atoms with Crippen molar-refractivity contribution in [3.63, 3.8) is 0 Å². The maximum Gasteiger partial charge on any atom is 0.293 e. The number of aromatic nitrogens is 2. The summed E-state index contributed by atoms with van der Waals surface area (Å²) in [6, 6.07) is 4.14. The third-order valence-corrected chi connectivity index (χ3v) is 3.79. The quantitative estimate of drug-likeness (QED) is 0.938. The normalized spacial score (nSPS) is 11.6. The maximum atomic E-state index is 12.3. The number of thiophene rings is 1. The Kier molecular flexibility index (Phi) is 3.75. The zero-order valence-electron chi connectivity index (χ0n) is 11.7. The van der Waals surface area contributed by atoms with Crippen molar-refractivity contribution in [2.24, 2.45) is 0 Å². The lowest BCUT2D eigenvalue weighted by atomic mass is 10.1. The summed E-state index contributed by atoms with van der Waals surface area (Å²) in [5.41, 5.74) is -0.320. The van der Waals surface area contributed by atoms with E-state index in [1.807, 2.05) is 20.8 Å². The highest BCUT2D eigenvalue weighted by molar-refractivity contribution is 7.11. The molecule has 0 aliphatic carbocycles. The molecule has 0 spiro atoms. The molecule has 2 aromatic heterocycles. The molecule has 0 saturated carbocycles. The van der Waals surface area contributed by atoms with Gasteiger partial charge in [0.25, 0.3) is 5.56 Å². The number of nitrogens with one attached hydrogen (secondary N) is 1. The SMILES string of the molecule is Cc1ccc(CNc2nccn(C(C)(C)C)c2=O)s1. The second-order valence-corrected chi connectivity index (χ2v) is 6.86. The minimum Gasteiger partial charge on any atom is -0.361 e. The van der Waals surface area contributed by atoms with Crippen molar-refractivity contribution in [2.75, 3.05) is 5.32 Å². The number of anilines is 1. The van der Waals surface area contributed by atoms with E-state index < -0.39 is 0 Å². The summed E-state index contributed by atoms with van der Waals surface area (Å²) in [6.07, 6.45) is 3.39. The third kappa shape index (κ3) is 3.23. The van der Waals surface area contributed by atoms with Crippen LogP contribution in [0.5, 0.6) is 0 Å². The molecule has 0 radical (unpaired) electrons. The van der Waals surface area contributed by atoms with Gasteiger partial charge in [0.05, 0.1) is 6.54 Å². The van der Waals surface area contributed by atoms with E-state index >= 15 is 0 Å². The number of aryl methyl sites for hydroxylation is 1. The van der Waals surface area contributed by atoms with Crippen LogP contribution in [0.4, 0.5) is 5.82 Å². The average Bonchev–Trinajstić information content (AvgIpc) is 2.72. The predicted molar refractivity (Wildman–Crippen MR) is 79.9 cm³/mol. The zero-order chi connectivity index (χ0) is 14.0. The fourth-order valence-corrected chi connectivity index (χ4v) is 2.64. The second-order valence-electron chi connectivity index (χ2n) is 5.49. The molecule has 1 N–H and O–H groups in total. The van der Waals surface area contributed by atoms with Crippen LogP contribution in [-0.2, 0) is 12.1 Å². The summed E-state index contributed by atoms with van der Waals surface area (Å²) < 4.78 is 1.70. The van der Waals surface area contributed by atoms with Crippen molar-refractivity contribution in [3.8, 4) is 0 Å². The van der Waals surface area contributed by atoms with Crippen LogP contribution >= 0.6 is 11.3 Å². The van der Waals surface area contributed by atoms with Gasteiger partial charge in [-0.05, 0) is 39.8 Å². The van der Waals surface area contributed by atoms with Crippen LogP contribution in [0.2, 0.25) is 0 Å². The molecule has 2 rings (SSSR count). The monoisotopic (exact) mass is 277 g/mol. The van der Waals surface area contributed by atoms with E-state index in [1.54, 1.807) is 28.3 Å². The molecule has 2 heterocycles. The van der Waals surface area contributed by atoms with Crippen molar-refractivity contribution in [1.29, 1.82) is 0 Å². The molecular formula is C14H19N3OS. The van der Waals surface area contributed by atoms with Crippen LogP contribution in [0, 0.1) is 6.92 Å². The molecule has 5 heteroatoms. The molecular weight excluding hydrogens is 258 g/mol. The average molecular weight is 277 g/mol. The van der Waals surface area contributed by atoms with Gasteiger partial charge in [0, 0.05) is 27.7 Å². The van der Waals surface area contributed by atoms with Crippen LogP contribution in [0.3, 0.4) is 0 Å². The minimum atomic E-state index is -0.240. The van der Waals surface area contributed by atoms with Gasteiger partial charge >= 0.3 is 0 Å². The Morgan fingerprint density at radius 1 is 1.37 bits per heavy atom. The van der Waals surface area contributed by atoms with Crippen molar-refractivity contribution < 1.29 is 0 Å². The summed E-state index contributed by atoms with van der Waals surface area (Å²) in [6.45, 7) is 8.71. The van der Waals surface area contributed by atoms with E-state index in [4.69, 9.17) is 0 Å². The first-order chi connectivity index (χ1) is 8.88. The van der Waals surface area contributed by atoms with Gasteiger partial charge in [-0.15, -0.1) is 11.3 Å². The Balaban J connectivity index is 2.20. The molecule has 0 bridgehead atoms. The molecule has 4 nitrogen and oxygen atoms in total. The summed E-state index contributed by atoms with van der Waals surface area (Å²) in [5, 5.41) is 3.12. The fraction of sp³-hybridized carbons (Fsp3) is 0.429. The smallest absolute Gasteiger partial charge is 0.293 e. The largest absolute Gasteiger partial charge is 0.361 e. The summed E-state index contributed by atoms with van der Waals surface area (Å²) in [7, 11) is 0. The van der Waals surface area contributed by atoms with E-state index in [0.717, 1.165) is 0 Å². The van der Waals surface area contributed by atoms with Gasteiger partial charge in [-0.3, -0.25) is 4.79 Å². The molecule has 0 aromatic carbocycles. The van der Waals surface area contributed by atoms with Crippen molar-refractivity contribution in [3.05, 3.63) is 44.6 Å². The van der Waals surface area contributed by atoms with Gasteiger partial charge in [0.2, 0.25) is 0 Å². The molecule has 0 fully saturated rings. The number of hydrogen-bond donors (Lipinski definition) is 1. The van der Waals surface area contributed by atoms with Gasteiger partial charge < -0.3 is 9.88 Å². The predicted octanol–water partition coefficient (Wildman–Crippen LogP) is 2.98. The molecule has 2 aromatic rings. The Labute approximate surface area is 117 Å². The number of nitrogens with zero attached hydrogens (tertiary/aromatic N) is 2. The fourth-order valence-electron chi connectivity index (χ4n) is 1.81. The number of rotatable bonds is 3. The summed E-state index contributed by atoms with van der Waals surface area (Å²) >= 11 is 1.72. The van der Waals surface area contributed by atoms with Gasteiger partial charge in [0.1, 0.15) is 0 Å². The van der Waals surface area contributed by atoms with Gasteiger partial charge in [0.15, 0.2) is 5.82 Å².